The lowest BCUT2D eigenvalue weighted by molar-refractivity contribution is 0.0850. The van der Waals surface area contributed by atoms with Crippen molar-refractivity contribution in [2.75, 3.05) is 0 Å². The zero-order valence-electron chi connectivity index (χ0n) is 11.1. The van der Waals surface area contributed by atoms with Crippen LogP contribution in [0.5, 0.6) is 0 Å². The Hall–Kier alpha value is -1.09. The van der Waals surface area contributed by atoms with E-state index in [1.165, 1.54) is 6.42 Å². The molecule has 2 rings (SSSR count). The van der Waals surface area contributed by atoms with Gasteiger partial charge in [0.15, 0.2) is 0 Å². The van der Waals surface area contributed by atoms with E-state index in [0.29, 0.717) is 10.7 Å². The van der Waals surface area contributed by atoms with Gasteiger partial charge in [0.1, 0.15) is 5.15 Å². The molecule has 98 valence electrons. The summed E-state index contributed by atoms with van der Waals surface area (Å²) in [5, 5.41) is 3.46. The number of carbonyl (C=O) groups excluding carboxylic acids is 1. The number of hydrogen-bond acceptors (Lipinski definition) is 2. The van der Waals surface area contributed by atoms with Crippen molar-refractivity contribution in [1.82, 2.24) is 10.3 Å². The van der Waals surface area contributed by atoms with Crippen LogP contribution in [0.4, 0.5) is 0 Å². The molecule has 0 aromatic carbocycles. The highest BCUT2D eigenvalue weighted by Gasteiger charge is 2.33. The Labute approximate surface area is 113 Å². The number of aromatic nitrogens is 1. The molecule has 1 aliphatic rings. The molecule has 3 nitrogen and oxygen atoms in total. The van der Waals surface area contributed by atoms with Crippen LogP contribution in [0.25, 0.3) is 0 Å². The molecule has 0 radical (unpaired) electrons. The van der Waals surface area contributed by atoms with Crippen LogP contribution in [0, 0.1) is 0 Å². The summed E-state index contributed by atoms with van der Waals surface area (Å²) in [5.41, 5.74) is 1.42. The Morgan fingerprint density at radius 3 is 2.61 bits per heavy atom. The van der Waals surface area contributed by atoms with Gasteiger partial charge >= 0.3 is 0 Å². The zero-order chi connectivity index (χ0) is 13.3. The summed E-state index contributed by atoms with van der Waals surface area (Å²) in [6, 6.07) is 3.46. The molecule has 1 heterocycles. The molecule has 1 aromatic heterocycles. The third-order valence-corrected chi connectivity index (χ3v) is 3.73. The number of hydrogen-bond donors (Lipinski definition) is 1. The molecule has 1 aliphatic carbocycles. The van der Waals surface area contributed by atoms with Crippen molar-refractivity contribution in [2.24, 2.45) is 0 Å². The van der Waals surface area contributed by atoms with Crippen molar-refractivity contribution in [1.29, 1.82) is 0 Å². The molecule has 1 saturated carbocycles. The zero-order valence-corrected chi connectivity index (χ0v) is 11.8. The number of nitrogens with zero attached hydrogens (tertiary/aromatic N) is 1. The minimum absolute atomic E-state index is 0.0369. The highest BCUT2D eigenvalue weighted by Crippen LogP contribution is 2.31. The predicted molar refractivity (Wildman–Crippen MR) is 73.1 cm³/mol. The molecule has 0 aliphatic heterocycles. The van der Waals surface area contributed by atoms with Gasteiger partial charge in [-0.25, -0.2) is 4.98 Å². The first-order valence-corrected chi connectivity index (χ1v) is 6.77. The Morgan fingerprint density at radius 2 is 2.11 bits per heavy atom. The van der Waals surface area contributed by atoms with E-state index in [9.17, 15) is 4.79 Å². The van der Waals surface area contributed by atoms with Crippen molar-refractivity contribution in [3.8, 4) is 0 Å². The highest BCUT2D eigenvalue weighted by atomic mass is 35.5. The van der Waals surface area contributed by atoms with Gasteiger partial charge in [-0.05, 0) is 44.2 Å². The lowest BCUT2D eigenvalue weighted by atomic mass is 9.78. The third kappa shape index (κ3) is 2.83. The molecule has 1 aromatic rings. The topological polar surface area (TPSA) is 42.0 Å². The normalized spacial score (nSPS) is 17.4. The van der Waals surface area contributed by atoms with Gasteiger partial charge in [-0.1, -0.05) is 25.4 Å². The Balaban J connectivity index is 2.19. The van der Waals surface area contributed by atoms with Crippen molar-refractivity contribution in [3.63, 3.8) is 0 Å². The van der Waals surface area contributed by atoms with E-state index in [0.717, 1.165) is 18.5 Å². The van der Waals surface area contributed by atoms with Gasteiger partial charge in [0, 0.05) is 16.8 Å². The average Bonchev–Trinajstić information content (AvgIpc) is 2.26. The fourth-order valence-electron chi connectivity index (χ4n) is 2.12. The van der Waals surface area contributed by atoms with E-state index >= 15 is 0 Å². The number of halogens is 1. The second-order valence-electron chi connectivity index (χ2n) is 5.63. The van der Waals surface area contributed by atoms with Crippen LogP contribution in [0.15, 0.2) is 12.1 Å². The quantitative estimate of drug-likeness (QED) is 0.851. The van der Waals surface area contributed by atoms with E-state index < -0.39 is 0 Å². The van der Waals surface area contributed by atoms with Gasteiger partial charge < -0.3 is 5.32 Å². The Kier molecular flexibility index (Phi) is 3.62. The molecule has 0 unspecified atom stereocenters. The van der Waals surface area contributed by atoms with E-state index in [4.69, 9.17) is 11.6 Å². The molecule has 0 bridgehead atoms. The van der Waals surface area contributed by atoms with E-state index in [1.54, 1.807) is 6.07 Å². The maximum absolute atomic E-state index is 12.2. The van der Waals surface area contributed by atoms with Crippen LogP contribution in [-0.4, -0.2) is 16.4 Å². The monoisotopic (exact) mass is 266 g/mol. The second-order valence-corrected chi connectivity index (χ2v) is 6.01. The van der Waals surface area contributed by atoms with Gasteiger partial charge in [-0.2, -0.15) is 0 Å². The molecule has 1 fully saturated rings. The van der Waals surface area contributed by atoms with Crippen molar-refractivity contribution >= 4 is 17.5 Å². The van der Waals surface area contributed by atoms with Crippen LogP contribution in [0.3, 0.4) is 0 Å². The third-order valence-electron chi connectivity index (χ3n) is 3.54. The van der Waals surface area contributed by atoms with Gasteiger partial charge in [-0.3, -0.25) is 4.79 Å². The number of rotatable bonds is 3. The van der Waals surface area contributed by atoms with Gasteiger partial charge in [0.05, 0.1) is 0 Å². The Bertz CT molecular complexity index is 467. The standard InChI is InChI=1S/C14H19ClN2O/c1-9(2)11-7-10(8-12(15)16-11)13(18)17-14(3)5-4-6-14/h7-9H,4-6H2,1-3H3,(H,17,18). The van der Waals surface area contributed by atoms with Gasteiger partial charge in [-0.15, -0.1) is 0 Å². The van der Waals surface area contributed by atoms with Crippen LogP contribution in [0.2, 0.25) is 5.15 Å². The molecule has 1 amide bonds. The summed E-state index contributed by atoms with van der Waals surface area (Å²) < 4.78 is 0. The average molecular weight is 267 g/mol. The fourth-order valence-corrected chi connectivity index (χ4v) is 2.34. The first kappa shape index (κ1) is 13.3. The molecule has 0 atom stereocenters. The largest absolute Gasteiger partial charge is 0.347 e. The van der Waals surface area contributed by atoms with Crippen molar-refractivity contribution in [3.05, 3.63) is 28.5 Å². The fraction of sp³-hybridized carbons (Fsp3) is 0.571. The molecule has 1 N–H and O–H groups in total. The lowest BCUT2D eigenvalue weighted by Gasteiger charge is -2.39. The summed E-state index contributed by atoms with van der Waals surface area (Å²) in [7, 11) is 0. The maximum Gasteiger partial charge on any atom is 0.251 e. The van der Waals surface area contributed by atoms with E-state index in [-0.39, 0.29) is 17.4 Å². The first-order chi connectivity index (χ1) is 8.39. The number of nitrogens with one attached hydrogen (secondary N) is 1. The molecule has 0 saturated heterocycles. The van der Waals surface area contributed by atoms with Crippen molar-refractivity contribution in [2.45, 2.75) is 51.5 Å². The van der Waals surface area contributed by atoms with Crippen LogP contribution in [0.1, 0.15) is 62.0 Å². The molecular weight excluding hydrogens is 248 g/mol. The summed E-state index contributed by atoms with van der Waals surface area (Å²) >= 11 is 5.97. The van der Waals surface area contributed by atoms with E-state index in [2.05, 4.69) is 17.2 Å². The number of carbonyl (C=O) groups is 1. The van der Waals surface area contributed by atoms with Gasteiger partial charge in [0.25, 0.3) is 5.91 Å². The predicted octanol–water partition coefficient (Wildman–Crippen LogP) is 3.53. The minimum Gasteiger partial charge on any atom is -0.347 e. The van der Waals surface area contributed by atoms with Gasteiger partial charge in [0.2, 0.25) is 0 Å². The first-order valence-electron chi connectivity index (χ1n) is 6.40. The van der Waals surface area contributed by atoms with Crippen LogP contribution in [-0.2, 0) is 0 Å². The van der Waals surface area contributed by atoms with Crippen LogP contribution >= 0.6 is 11.6 Å². The summed E-state index contributed by atoms with van der Waals surface area (Å²) in [6.07, 6.45) is 3.29. The number of pyridine rings is 1. The lowest BCUT2D eigenvalue weighted by Crippen LogP contribution is -2.50. The van der Waals surface area contributed by atoms with Crippen molar-refractivity contribution < 1.29 is 4.79 Å². The second kappa shape index (κ2) is 4.88. The Morgan fingerprint density at radius 1 is 1.44 bits per heavy atom. The summed E-state index contributed by atoms with van der Waals surface area (Å²) in [4.78, 5) is 16.4. The maximum atomic E-state index is 12.2. The van der Waals surface area contributed by atoms with Crippen LogP contribution < -0.4 is 5.32 Å². The number of amides is 1. The van der Waals surface area contributed by atoms with E-state index in [1.807, 2.05) is 19.9 Å². The molecule has 0 spiro atoms. The SMILES string of the molecule is CC(C)c1cc(C(=O)NC2(C)CCC2)cc(Cl)n1. The smallest absolute Gasteiger partial charge is 0.251 e. The summed E-state index contributed by atoms with van der Waals surface area (Å²) in [6.45, 7) is 6.15. The molecular formula is C14H19ClN2O. The summed E-state index contributed by atoms with van der Waals surface area (Å²) in [5.74, 6) is 0.206. The molecule has 18 heavy (non-hydrogen) atoms. The molecule has 4 heteroatoms. The minimum atomic E-state index is -0.0524. The highest BCUT2D eigenvalue weighted by molar-refractivity contribution is 6.29.